The first-order valence-electron chi connectivity index (χ1n) is 4.61. The Morgan fingerprint density at radius 1 is 1.54 bits per heavy atom. The molecule has 0 aliphatic carbocycles. The van der Waals surface area contributed by atoms with Crippen molar-refractivity contribution in [2.75, 3.05) is 13.1 Å². The van der Waals surface area contributed by atoms with Crippen molar-refractivity contribution in [3.8, 4) is 11.8 Å². The maximum atomic E-state index is 5.28. The second-order valence-corrected chi connectivity index (χ2v) is 3.39. The van der Waals surface area contributed by atoms with Gasteiger partial charge in [0.05, 0.1) is 0 Å². The van der Waals surface area contributed by atoms with Gasteiger partial charge in [-0.1, -0.05) is 24.9 Å². The fourth-order valence-electron chi connectivity index (χ4n) is 0.869. The summed E-state index contributed by atoms with van der Waals surface area (Å²) in [4.78, 5) is 5.28. The molecule has 1 fully saturated rings. The summed E-state index contributed by atoms with van der Waals surface area (Å²) >= 11 is 0. The zero-order chi connectivity index (χ0) is 9.68. The molecule has 0 aromatic heterocycles. The summed E-state index contributed by atoms with van der Waals surface area (Å²) in [6.45, 7) is 7.72. The molecule has 0 unspecified atom stereocenters. The third kappa shape index (κ3) is 3.08. The van der Waals surface area contributed by atoms with Gasteiger partial charge in [0.15, 0.2) is 6.10 Å². The van der Waals surface area contributed by atoms with Crippen molar-refractivity contribution in [1.82, 2.24) is 5.32 Å². The van der Waals surface area contributed by atoms with Gasteiger partial charge in [-0.3, -0.25) is 0 Å². The monoisotopic (exact) mass is 180 g/mol. The molecule has 1 heterocycles. The zero-order valence-corrected chi connectivity index (χ0v) is 8.42. The first kappa shape index (κ1) is 10.1. The Kier molecular flexibility index (Phi) is 3.78. The van der Waals surface area contributed by atoms with Gasteiger partial charge in [0, 0.05) is 19.0 Å². The molecule has 0 bridgehead atoms. The van der Waals surface area contributed by atoms with Crippen LogP contribution in [0.15, 0.2) is 5.16 Å². The zero-order valence-electron chi connectivity index (χ0n) is 8.42. The van der Waals surface area contributed by atoms with Crippen LogP contribution in [0.5, 0.6) is 0 Å². The minimum Gasteiger partial charge on any atom is -0.389 e. The van der Waals surface area contributed by atoms with Crippen molar-refractivity contribution >= 4 is 5.71 Å². The Labute approximate surface area is 79.5 Å². The van der Waals surface area contributed by atoms with Crippen molar-refractivity contribution in [2.45, 2.75) is 26.9 Å². The maximum absolute atomic E-state index is 5.28. The highest BCUT2D eigenvalue weighted by Crippen LogP contribution is 2.02. The fraction of sp³-hybridized carbons (Fsp3) is 0.700. The molecular formula is C10H16N2O. The fourth-order valence-corrected chi connectivity index (χ4v) is 0.869. The molecule has 0 radical (unpaired) electrons. The molecule has 3 nitrogen and oxygen atoms in total. The summed E-state index contributed by atoms with van der Waals surface area (Å²) in [6, 6.07) is 0. The van der Waals surface area contributed by atoms with E-state index in [1.165, 1.54) is 0 Å². The molecule has 72 valence electrons. The third-order valence-corrected chi connectivity index (χ3v) is 1.84. The van der Waals surface area contributed by atoms with E-state index >= 15 is 0 Å². The molecule has 1 aliphatic rings. The second-order valence-electron chi connectivity index (χ2n) is 3.39. The van der Waals surface area contributed by atoms with Crippen molar-refractivity contribution < 1.29 is 4.84 Å². The van der Waals surface area contributed by atoms with Crippen LogP contribution in [0.1, 0.15) is 20.8 Å². The molecule has 1 aliphatic heterocycles. The standard InChI is InChI=1S/C10H16N2O/c1-4-5-10(8(2)3)12-13-9-6-11-7-9/h8-9,11H,6-7H2,1-3H3/b12-10+. The van der Waals surface area contributed by atoms with Crippen LogP contribution in [-0.4, -0.2) is 24.9 Å². The Morgan fingerprint density at radius 3 is 2.62 bits per heavy atom. The average molecular weight is 180 g/mol. The average Bonchev–Trinajstić information content (AvgIpc) is 1.99. The lowest BCUT2D eigenvalue weighted by Crippen LogP contribution is -2.47. The summed E-state index contributed by atoms with van der Waals surface area (Å²) in [5.41, 5.74) is 0.828. The highest BCUT2D eigenvalue weighted by molar-refractivity contribution is 6.01. The summed E-state index contributed by atoms with van der Waals surface area (Å²) in [5, 5.41) is 7.15. The number of hydrogen-bond acceptors (Lipinski definition) is 3. The predicted octanol–water partition coefficient (Wildman–Crippen LogP) is 1.01. The Balaban J connectivity index is 2.45. The van der Waals surface area contributed by atoms with Gasteiger partial charge in [0.2, 0.25) is 0 Å². The third-order valence-electron chi connectivity index (χ3n) is 1.84. The van der Waals surface area contributed by atoms with Crippen LogP contribution in [0.25, 0.3) is 0 Å². The van der Waals surface area contributed by atoms with E-state index in [-0.39, 0.29) is 6.10 Å². The van der Waals surface area contributed by atoms with Crippen LogP contribution in [0, 0.1) is 17.8 Å². The summed E-state index contributed by atoms with van der Waals surface area (Å²) < 4.78 is 0. The Hall–Kier alpha value is -1.01. The number of hydrogen-bond donors (Lipinski definition) is 1. The summed E-state index contributed by atoms with van der Waals surface area (Å²) in [6.07, 6.45) is 0.243. The van der Waals surface area contributed by atoms with E-state index in [2.05, 4.69) is 36.2 Å². The predicted molar refractivity (Wildman–Crippen MR) is 53.5 cm³/mol. The van der Waals surface area contributed by atoms with Crippen molar-refractivity contribution in [3.63, 3.8) is 0 Å². The van der Waals surface area contributed by atoms with Gasteiger partial charge in [0.25, 0.3) is 0 Å². The smallest absolute Gasteiger partial charge is 0.152 e. The molecule has 1 N–H and O–H groups in total. The van der Waals surface area contributed by atoms with E-state index in [0.717, 1.165) is 18.8 Å². The Bertz CT molecular complexity index is 243. The maximum Gasteiger partial charge on any atom is 0.152 e. The minimum atomic E-state index is 0.243. The molecule has 13 heavy (non-hydrogen) atoms. The van der Waals surface area contributed by atoms with Gasteiger partial charge in [0.1, 0.15) is 5.71 Å². The lowest BCUT2D eigenvalue weighted by atomic mass is 10.1. The minimum absolute atomic E-state index is 0.243. The highest BCUT2D eigenvalue weighted by atomic mass is 16.6. The highest BCUT2D eigenvalue weighted by Gasteiger charge is 2.18. The number of nitrogens with zero attached hydrogens (tertiary/aromatic N) is 1. The van der Waals surface area contributed by atoms with E-state index in [1.807, 2.05) is 6.92 Å². The van der Waals surface area contributed by atoms with E-state index < -0.39 is 0 Å². The van der Waals surface area contributed by atoms with Crippen LogP contribution in [0.2, 0.25) is 0 Å². The normalized spacial score (nSPS) is 17.7. The van der Waals surface area contributed by atoms with E-state index in [9.17, 15) is 0 Å². The van der Waals surface area contributed by atoms with Crippen LogP contribution in [0.3, 0.4) is 0 Å². The summed E-state index contributed by atoms with van der Waals surface area (Å²) in [5.74, 6) is 6.11. The number of rotatable bonds is 3. The van der Waals surface area contributed by atoms with E-state index in [1.54, 1.807) is 0 Å². The number of oxime groups is 1. The van der Waals surface area contributed by atoms with Crippen LogP contribution in [-0.2, 0) is 4.84 Å². The first-order valence-corrected chi connectivity index (χ1v) is 4.61. The Morgan fingerprint density at radius 2 is 2.23 bits per heavy atom. The van der Waals surface area contributed by atoms with Crippen molar-refractivity contribution in [2.24, 2.45) is 11.1 Å². The SMILES string of the molecule is CC#C/C(=N\OC1CNC1)C(C)C. The molecule has 0 spiro atoms. The van der Waals surface area contributed by atoms with Gasteiger partial charge in [-0.05, 0) is 12.8 Å². The van der Waals surface area contributed by atoms with Gasteiger partial charge >= 0.3 is 0 Å². The second kappa shape index (κ2) is 4.88. The number of nitrogens with one attached hydrogen (secondary N) is 1. The summed E-state index contributed by atoms with van der Waals surface area (Å²) in [7, 11) is 0. The lowest BCUT2D eigenvalue weighted by Gasteiger charge is -2.24. The topological polar surface area (TPSA) is 33.6 Å². The largest absolute Gasteiger partial charge is 0.389 e. The van der Waals surface area contributed by atoms with Crippen LogP contribution in [0.4, 0.5) is 0 Å². The van der Waals surface area contributed by atoms with Crippen LogP contribution < -0.4 is 5.32 Å². The van der Waals surface area contributed by atoms with Crippen LogP contribution >= 0.6 is 0 Å². The quantitative estimate of drug-likeness (QED) is 0.399. The lowest BCUT2D eigenvalue weighted by molar-refractivity contribution is 0.0227. The van der Waals surface area contributed by atoms with Gasteiger partial charge in [-0.2, -0.15) is 0 Å². The van der Waals surface area contributed by atoms with Gasteiger partial charge in [-0.15, -0.1) is 0 Å². The molecule has 1 rings (SSSR count). The first-order chi connectivity index (χ1) is 6.24. The van der Waals surface area contributed by atoms with Crippen molar-refractivity contribution in [1.29, 1.82) is 0 Å². The molecule has 1 saturated heterocycles. The van der Waals surface area contributed by atoms with Gasteiger partial charge in [-0.25, -0.2) is 0 Å². The molecule has 0 aromatic carbocycles. The van der Waals surface area contributed by atoms with Gasteiger partial charge < -0.3 is 10.2 Å². The molecular weight excluding hydrogens is 164 g/mol. The van der Waals surface area contributed by atoms with Crippen molar-refractivity contribution in [3.05, 3.63) is 0 Å². The molecule has 0 saturated carbocycles. The molecule has 0 atom stereocenters. The molecule has 3 heteroatoms. The van der Waals surface area contributed by atoms with E-state index in [0.29, 0.717) is 5.92 Å². The van der Waals surface area contributed by atoms with E-state index in [4.69, 9.17) is 4.84 Å². The molecule has 0 amide bonds. The molecule has 0 aromatic rings.